The number of hydrogen-bond acceptors (Lipinski definition) is 5. The summed E-state index contributed by atoms with van der Waals surface area (Å²) in [5, 5.41) is 6.09. The molecule has 206 valence electrons. The van der Waals surface area contributed by atoms with Gasteiger partial charge < -0.3 is 20.1 Å². The van der Waals surface area contributed by atoms with Crippen LogP contribution in [0.25, 0.3) is 0 Å². The fourth-order valence-corrected chi connectivity index (χ4v) is 4.75. The fraction of sp³-hybridized carbons (Fsp3) is 0.375. The summed E-state index contributed by atoms with van der Waals surface area (Å²) < 4.78 is 11.5. The Labute approximate surface area is 231 Å². The third kappa shape index (κ3) is 9.45. The zero-order valence-electron chi connectivity index (χ0n) is 22.8. The average Bonchev–Trinajstić information content (AvgIpc) is 2.95. The van der Waals surface area contributed by atoms with E-state index in [-0.39, 0.29) is 18.2 Å². The number of carbonyl (C=O) groups excluding carboxylic acids is 2. The maximum Gasteiger partial charge on any atom is 0.234 e. The molecule has 0 fully saturated rings. The first kappa shape index (κ1) is 28.2. The summed E-state index contributed by atoms with van der Waals surface area (Å²) in [4.78, 5) is 27.6. The molecule has 2 amide bonds. The van der Waals surface area contributed by atoms with Crippen LogP contribution in [0.4, 0.5) is 0 Å². The zero-order chi connectivity index (χ0) is 27.3. The molecule has 0 atom stereocenters. The summed E-state index contributed by atoms with van der Waals surface area (Å²) in [7, 11) is 1.65. The number of nitrogens with one attached hydrogen (secondary N) is 2. The molecule has 0 aliphatic carbocycles. The van der Waals surface area contributed by atoms with E-state index >= 15 is 0 Å². The first-order valence-electron chi connectivity index (χ1n) is 13.8. The van der Waals surface area contributed by atoms with Gasteiger partial charge in [-0.15, -0.1) is 0 Å². The fourth-order valence-electron chi connectivity index (χ4n) is 4.75. The predicted octanol–water partition coefficient (Wildman–Crippen LogP) is 4.28. The van der Waals surface area contributed by atoms with E-state index in [4.69, 9.17) is 9.47 Å². The monoisotopic (exact) mass is 529 g/mol. The Morgan fingerprint density at radius 2 is 1.79 bits per heavy atom. The molecule has 3 aromatic rings. The van der Waals surface area contributed by atoms with Gasteiger partial charge in [0.2, 0.25) is 11.8 Å². The largest absolute Gasteiger partial charge is 0.497 e. The van der Waals surface area contributed by atoms with Gasteiger partial charge in [0.05, 0.1) is 26.7 Å². The standard InChI is InChI=1S/C32H39N3O4/c1-38-29-12-8-11-25(20-29)15-17-34-31(36)21-27-13-14-30-28(19-27)23-35(22-26-9-4-2-5-10-26)24-32(37)33-16-6-3-7-18-39-30/h2,4-5,8-14,19-20H,3,6-7,15-18,21-24H2,1H3,(H,33,37)(H,34,36). The van der Waals surface area contributed by atoms with Crippen molar-refractivity contribution in [2.45, 2.75) is 45.2 Å². The van der Waals surface area contributed by atoms with Crippen LogP contribution in [-0.4, -0.2) is 50.1 Å². The Kier molecular flexibility index (Phi) is 10.8. The van der Waals surface area contributed by atoms with E-state index in [1.807, 2.05) is 60.7 Å². The van der Waals surface area contributed by atoms with Crippen molar-refractivity contribution in [1.82, 2.24) is 15.5 Å². The third-order valence-corrected chi connectivity index (χ3v) is 6.77. The van der Waals surface area contributed by atoms with Crippen molar-refractivity contribution in [3.05, 3.63) is 95.1 Å². The van der Waals surface area contributed by atoms with Crippen molar-refractivity contribution >= 4 is 11.8 Å². The van der Waals surface area contributed by atoms with Crippen LogP contribution in [0, 0.1) is 0 Å². The Morgan fingerprint density at radius 3 is 2.64 bits per heavy atom. The van der Waals surface area contributed by atoms with Gasteiger partial charge in [-0.1, -0.05) is 54.6 Å². The molecule has 0 bridgehead atoms. The molecule has 4 rings (SSSR count). The lowest BCUT2D eigenvalue weighted by Crippen LogP contribution is -2.37. The van der Waals surface area contributed by atoms with Gasteiger partial charge in [-0.2, -0.15) is 0 Å². The van der Waals surface area contributed by atoms with Gasteiger partial charge in [0, 0.05) is 31.7 Å². The second kappa shape index (κ2) is 14.9. The molecule has 1 aliphatic rings. The minimum atomic E-state index is -0.0241. The van der Waals surface area contributed by atoms with Crippen LogP contribution in [0.15, 0.2) is 72.8 Å². The van der Waals surface area contributed by atoms with E-state index in [2.05, 4.69) is 27.7 Å². The quantitative estimate of drug-likeness (QED) is 0.456. The number of fused-ring (bicyclic) bond motifs is 1. The SMILES string of the molecule is COc1cccc(CCNC(=O)Cc2ccc3c(c2)CN(Cc2ccccc2)CC(=O)NCCCCCO3)c1. The van der Waals surface area contributed by atoms with Crippen molar-refractivity contribution in [2.24, 2.45) is 0 Å². The molecule has 3 aromatic carbocycles. The highest BCUT2D eigenvalue weighted by molar-refractivity contribution is 5.79. The van der Waals surface area contributed by atoms with E-state index in [9.17, 15) is 9.59 Å². The lowest BCUT2D eigenvalue weighted by molar-refractivity contribution is -0.122. The zero-order valence-corrected chi connectivity index (χ0v) is 22.8. The number of hydrogen-bond donors (Lipinski definition) is 2. The molecule has 1 heterocycles. The van der Waals surface area contributed by atoms with Crippen molar-refractivity contribution in [3.63, 3.8) is 0 Å². The minimum absolute atomic E-state index is 0.0241. The van der Waals surface area contributed by atoms with Crippen LogP contribution < -0.4 is 20.1 Å². The van der Waals surface area contributed by atoms with Crippen LogP contribution >= 0.6 is 0 Å². The van der Waals surface area contributed by atoms with Crippen molar-refractivity contribution in [3.8, 4) is 11.5 Å². The topological polar surface area (TPSA) is 79.9 Å². The van der Waals surface area contributed by atoms with Gasteiger partial charge in [-0.3, -0.25) is 14.5 Å². The molecule has 0 saturated carbocycles. The molecular weight excluding hydrogens is 490 g/mol. The van der Waals surface area contributed by atoms with E-state index < -0.39 is 0 Å². The normalized spacial score (nSPS) is 14.9. The van der Waals surface area contributed by atoms with Crippen LogP contribution in [0.1, 0.15) is 41.5 Å². The summed E-state index contributed by atoms with van der Waals surface area (Å²) in [5.41, 5.74) is 4.16. The lowest BCUT2D eigenvalue weighted by Gasteiger charge is -2.23. The molecule has 7 heteroatoms. The summed E-state index contributed by atoms with van der Waals surface area (Å²) in [5.74, 6) is 1.63. The van der Waals surface area contributed by atoms with Crippen LogP contribution in [0.2, 0.25) is 0 Å². The molecular formula is C32H39N3O4. The second-order valence-electron chi connectivity index (χ2n) is 9.96. The minimum Gasteiger partial charge on any atom is -0.497 e. The van der Waals surface area contributed by atoms with Gasteiger partial charge in [0.1, 0.15) is 11.5 Å². The molecule has 0 spiro atoms. The molecule has 0 aromatic heterocycles. The second-order valence-corrected chi connectivity index (χ2v) is 9.96. The first-order valence-corrected chi connectivity index (χ1v) is 13.8. The van der Waals surface area contributed by atoms with Crippen molar-refractivity contribution in [2.75, 3.05) is 33.4 Å². The number of benzene rings is 3. The van der Waals surface area contributed by atoms with E-state index in [0.717, 1.165) is 59.4 Å². The number of ether oxygens (including phenoxy) is 2. The lowest BCUT2D eigenvalue weighted by atomic mass is 10.1. The number of methoxy groups -OCH3 is 1. The van der Waals surface area contributed by atoms with Gasteiger partial charge in [-0.05, 0) is 60.6 Å². The Morgan fingerprint density at radius 1 is 0.949 bits per heavy atom. The van der Waals surface area contributed by atoms with Gasteiger partial charge in [0.25, 0.3) is 0 Å². The molecule has 0 radical (unpaired) electrons. The summed E-state index contributed by atoms with van der Waals surface area (Å²) in [6, 6.07) is 24.0. The average molecular weight is 530 g/mol. The van der Waals surface area contributed by atoms with Gasteiger partial charge in [0.15, 0.2) is 0 Å². The van der Waals surface area contributed by atoms with E-state index in [0.29, 0.717) is 39.3 Å². The van der Waals surface area contributed by atoms with Crippen LogP contribution in [-0.2, 0) is 35.5 Å². The van der Waals surface area contributed by atoms with Crippen LogP contribution in [0.5, 0.6) is 11.5 Å². The molecule has 39 heavy (non-hydrogen) atoms. The molecule has 2 N–H and O–H groups in total. The number of nitrogens with zero attached hydrogens (tertiary/aromatic N) is 1. The Balaban J connectivity index is 1.44. The van der Waals surface area contributed by atoms with E-state index in [1.54, 1.807) is 7.11 Å². The first-order chi connectivity index (χ1) is 19.1. The maximum absolute atomic E-state index is 12.8. The number of rotatable bonds is 8. The molecule has 0 unspecified atom stereocenters. The van der Waals surface area contributed by atoms with E-state index in [1.165, 1.54) is 0 Å². The Hall–Kier alpha value is -3.84. The van der Waals surface area contributed by atoms with Gasteiger partial charge in [-0.25, -0.2) is 0 Å². The molecule has 1 aliphatic heterocycles. The van der Waals surface area contributed by atoms with Gasteiger partial charge >= 0.3 is 0 Å². The highest BCUT2D eigenvalue weighted by Gasteiger charge is 2.17. The summed E-state index contributed by atoms with van der Waals surface area (Å²) in [6.45, 7) is 3.35. The maximum atomic E-state index is 12.8. The number of amides is 2. The third-order valence-electron chi connectivity index (χ3n) is 6.77. The Bertz CT molecular complexity index is 1220. The van der Waals surface area contributed by atoms with Crippen molar-refractivity contribution in [1.29, 1.82) is 0 Å². The van der Waals surface area contributed by atoms with Crippen molar-refractivity contribution < 1.29 is 19.1 Å². The summed E-state index contributed by atoms with van der Waals surface area (Å²) >= 11 is 0. The molecule has 0 saturated heterocycles. The highest BCUT2D eigenvalue weighted by atomic mass is 16.5. The summed E-state index contributed by atoms with van der Waals surface area (Å²) in [6.07, 6.45) is 3.88. The smallest absolute Gasteiger partial charge is 0.234 e. The highest BCUT2D eigenvalue weighted by Crippen LogP contribution is 2.24. The number of carbonyl (C=O) groups is 2. The predicted molar refractivity (Wildman–Crippen MR) is 153 cm³/mol. The van der Waals surface area contributed by atoms with Crippen LogP contribution in [0.3, 0.4) is 0 Å². The molecule has 7 nitrogen and oxygen atoms in total.